The number of allylic oxidation sites excluding steroid dienone is 1. The van der Waals surface area contributed by atoms with Gasteiger partial charge in [0.05, 0.1) is 16.7 Å². The van der Waals surface area contributed by atoms with Gasteiger partial charge in [-0.25, -0.2) is 0 Å². The number of ketones is 1. The second-order valence-corrected chi connectivity index (χ2v) is 7.26. The standard InChI is InChI=1S/C16H17Br2NO2/c1-5-21-14-10(7-12(17)8-13(14)18)6-11(9-19)15(20)16(2,3)4/h6-8H,5H2,1-4H3/b11-6+. The first-order valence-corrected chi connectivity index (χ1v) is 8.07. The lowest BCUT2D eigenvalue weighted by Gasteiger charge is -2.16. The van der Waals surface area contributed by atoms with E-state index in [1.165, 1.54) is 0 Å². The zero-order valence-electron chi connectivity index (χ0n) is 12.5. The lowest BCUT2D eigenvalue weighted by molar-refractivity contribution is -0.121. The Bertz CT molecular complexity index is 622. The lowest BCUT2D eigenvalue weighted by Crippen LogP contribution is -2.21. The molecule has 0 saturated carbocycles. The minimum atomic E-state index is -0.601. The molecular weight excluding hydrogens is 398 g/mol. The van der Waals surface area contributed by atoms with Gasteiger partial charge in [0.2, 0.25) is 0 Å². The Morgan fingerprint density at radius 3 is 2.48 bits per heavy atom. The van der Waals surface area contributed by atoms with Gasteiger partial charge in [-0.2, -0.15) is 5.26 Å². The molecule has 0 radical (unpaired) electrons. The van der Waals surface area contributed by atoms with Gasteiger partial charge in [0.1, 0.15) is 11.8 Å². The third kappa shape index (κ3) is 4.69. The molecule has 0 aromatic heterocycles. The maximum atomic E-state index is 12.3. The number of halogens is 2. The normalized spacial score (nSPS) is 12.0. The van der Waals surface area contributed by atoms with Gasteiger partial charge in [-0.15, -0.1) is 0 Å². The summed E-state index contributed by atoms with van der Waals surface area (Å²) in [5, 5.41) is 9.28. The van der Waals surface area contributed by atoms with Crippen LogP contribution in [0.5, 0.6) is 5.75 Å². The van der Waals surface area contributed by atoms with E-state index in [0.717, 1.165) is 8.95 Å². The second kappa shape index (κ2) is 7.24. The molecule has 3 nitrogen and oxygen atoms in total. The highest BCUT2D eigenvalue weighted by atomic mass is 79.9. The van der Waals surface area contributed by atoms with Crippen molar-refractivity contribution in [2.75, 3.05) is 6.61 Å². The zero-order valence-corrected chi connectivity index (χ0v) is 15.6. The summed E-state index contributed by atoms with van der Waals surface area (Å²) < 4.78 is 7.21. The van der Waals surface area contributed by atoms with Gasteiger partial charge in [-0.1, -0.05) is 36.7 Å². The predicted octanol–water partition coefficient (Wildman–Crippen LogP) is 5.13. The van der Waals surface area contributed by atoms with Gasteiger partial charge in [0.15, 0.2) is 5.78 Å². The van der Waals surface area contributed by atoms with E-state index in [4.69, 9.17) is 4.74 Å². The Hall–Kier alpha value is -1.12. The molecule has 1 aromatic carbocycles. The Morgan fingerprint density at radius 1 is 1.38 bits per heavy atom. The number of ether oxygens (including phenoxy) is 1. The fraction of sp³-hybridized carbons (Fsp3) is 0.375. The van der Waals surface area contributed by atoms with Gasteiger partial charge < -0.3 is 4.74 Å². The van der Waals surface area contributed by atoms with Crippen molar-refractivity contribution in [3.05, 3.63) is 32.2 Å². The average Bonchev–Trinajstić information content (AvgIpc) is 2.37. The molecular formula is C16H17Br2NO2. The van der Waals surface area contributed by atoms with E-state index in [1.807, 2.05) is 25.1 Å². The number of rotatable bonds is 4. The molecule has 5 heteroatoms. The highest BCUT2D eigenvalue weighted by Crippen LogP contribution is 2.35. The number of carbonyl (C=O) groups is 1. The van der Waals surface area contributed by atoms with E-state index in [2.05, 4.69) is 31.9 Å². The predicted molar refractivity (Wildman–Crippen MR) is 91.1 cm³/mol. The number of hydrogen-bond donors (Lipinski definition) is 0. The summed E-state index contributed by atoms with van der Waals surface area (Å²) in [4.78, 5) is 12.3. The van der Waals surface area contributed by atoms with Crippen molar-refractivity contribution < 1.29 is 9.53 Å². The third-order valence-electron chi connectivity index (χ3n) is 2.67. The van der Waals surface area contributed by atoms with E-state index in [0.29, 0.717) is 17.9 Å². The zero-order chi connectivity index (χ0) is 16.2. The third-order valence-corrected chi connectivity index (χ3v) is 3.72. The summed E-state index contributed by atoms with van der Waals surface area (Å²) in [5.41, 5.74) is 0.206. The molecule has 0 saturated heterocycles. The van der Waals surface area contributed by atoms with Crippen LogP contribution in [-0.4, -0.2) is 12.4 Å². The first-order chi connectivity index (χ1) is 9.70. The molecule has 0 atom stereocenters. The molecule has 0 amide bonds. The van der Waals surface area contributed by atoms with Crippen LogP contribution in [0.25, 0.3) is 6.08 Å². The fourth-order valence-corrected chi connectivity index (χ4v) is 3.06. The van der Waals surface area contributed by atoms with E-state index in [-0.39, 0.29) is 11.4 Å². The van der Waals surface area contributed by atoms with Crippen molar-refractivity contribution in [3.8, 4) is 11.8 Å². The molecule has 0 aliphatic heterocycles. The fourth-order valence-electron chi connectivity index (χ4n) is 1.69. The molecule has 0 fully saturated rings. The lowest BCUT2D eigenvalue weighted by atomic mass is 9.86. The molecule has 1 aromatic rings. The molecule has 0 N–H and O–H groups in total. The van der Waals surface area contributed by atoms with Crippen molar-refractivity contribution in [2.24, 2.45) is 5.41 Å². The van der Waals surface area contributed by atoms with Gasteiger partial charge >= 0.3 is 0 Å². The first-order valence-electron chi connectivity index (χ1n) is 6.49. The number of nitriles is 1. The van der Waals surface area contributed by atoms with Crippen LogP contribution in [0.1, 0.15) is 33.3 Å². The molecule has 0 spiro atoms. The van der Waals surface area contributed by atoms with E-state index < -0.39 is 5.41 Å². The van der Waals surface area contributed by atoms with Crippen LogP contribution in [0, 0.1) is 16.7 Å². The van der Waals surface area contributed by atoms with Crippen LogP contribution in [0.4, 0.5) is 0 Å². The van der Waals surface area contributed by atoms with Crippen LogP contribution in [0.15, 0.2) is 26.7 Å². The van der Waals surface area contributed by atoms with Crippen molar-refractivity contribution in [1.29, 1.82) is 5.26 Å². The minimum Gasteiger partial charge on any atom is -0.492 e. The smallest absolute Gasteiger partial charge is 0.178 e. The van der Waals surface area contributed by atoms with Crippen LogP contribution in [0.3, 0.4) is 0 Å². The number of carbonyl (C=O) groups excluding carboxylic acids is 1. The number of benzene rings is 1. The van der Waals surface area contributed by atoms with Gasteiger partial charge in [0, 0.05) is 15.5 Å². The SMILES string of the molecule is CCOc1c(Br)cc(Br)cc1/C=C(\C#N)C(=O)C(C)(C)C. The summed E-state index contributed by atoms with van der Waals surface area (Å²) >= 11 is 6.84. The summed E-state index contributed by atoms with van der Waals surface area (Å²) in [5.74, 6) is 0.429. The Morgan fingerprint density at radius 2 is 2.00 bits per heavy atom. The summed E-state index contributed by atoms with van der Waals surface area (Å²) in [6.45, 7) is 7.76. The van der Waals surface area contributed by atoms with Crippen molar-refractivity contribution in [2.45, 2.75) is 27.7 Å². The van der Waals surface area contributed by atoms with Gasteiger partial charge in [-0.05, 0) is 41.1 Å². The van der Waals surface area contributed by atoms with Crippen molar-refractivity contribution in [1.82, 2.24) is 0 Å². The van der Waals surface area contributed by atoms with Crippen LogP contribution in [-0.2, 0) is 4.79 Å². The maximum Gasteiger partial charge on any atom is 0.178 e. The monoisotopic (exact) mass is 413 g/mol. The van der Waals surface area contributed by atoms with E-state index in [1.54, 1.807) is 26.8 Å². The first kappa shape index (κ1) is 17.9. The molecule has 0 aliphatic rings. The maximum absolute atomic E-state index is 12.3. The molecule has 21 heavy (non-hydrogen) atoms. The second-order valence-electron chi connectivity index (χ2n) is 5.49. The minimum absolute atomic E-state index is 0.119. The molecule has 0 bridgehead atoms. The van der Waals surface area contributed by atoms with E-state index in [9.17, 15) is 10.1 Å². The molecule has 0 aliphatic carbocycles. The average molecular weight is 415 g/mol. The summed E-state index contributed by atoms with van der Waals surface area (Å²) in [7, 11) is 0. The molecule has 1 rings (SSSR count). The van der Waals surface area contributed by atoms with Crippen molar-refractivity contribution >= 4 is 43.7 Å². The van der Waals surface area contributed by atoms with Gasteiger partial charge in [-0.3, -0.25) is 4.79 Å². The highest BCUT2D eigenvalue weighted by molar-refractivity contribution is 9.11. The van der Waals surface area contributed by atoms with E-state index >= 15 is 0 Å². The quantitative estimate of drug-likeness (QED) is 0.506. The summed E-state index contributed by atoms with van der Waals surface area (Å²) in [6, 6.07) is 5.67. The van der Waals surface area contributed by atoms with Crippen LogP contribution in [0.2, 0.25) is 0 Å². The topological polar surface area (TPSA) is 50.1 Å². The number of nitrogens with zero attached hydrogens (tertiary/aromatic N) is 1. The molecule has 0 unspecified atom stereocenters. The van der Waals surface area contributed by atoms with Crippen LogP contribution < -0.4 is 4.74 Å². The number of Topliss-reactive ketones (excluding diaryl/α,β-unsaturated/α-hetero) is 1. The van der Waals surface area contributed by atoms with Crippen LogP contribution >= 0.6 is 31.9 Å². The summed E-state index contributed by atoms with van der Waals surface area (Å²) in [6.07, 6.45) is 1.58. The Balaban J connectivity index is 3.42. The molecule has 0 heterocycles. The Kier molecular flexibility index (Phi) is 6.18. The van der Waals surface area contributed by atoms with Crippen molar-refractivity contribution in [3.63, 3.8) is 0 Å². The largest absolute Gasteiger partial charge is 0.492 e. The highest BCUT2D eigenvalue weighted by Gasteiger charge is 2.25. The Labute approximate surface area is 142 Å². The van der Waals surface area contributed by atoms with Gasteiger partial charge in [0.25, 0.3) is 0 Å². The number of hydrogen-bond acceptors (Lipinski definition) is 3. The molecule has 112 valence electrons.